The van der Waals surface area contributed by atoms with Crippen molar-refractivity contribution in [2.24, 2.45) is 0 Å². The first kappa shape index (κ1) is 21.0. The largest absolute Gasteiger partial charge is 0.507 e. The van der Waals surface area contributed by atoms with Crippen molar-refractivity contribution in [3.63, 3.8) is 0 Å². The van der Waals surface area contributed by atoms with Gasteiger partial charge in [0.15, 0.2) is 0 Å². The van der Waals surface area contributed by atoms with E-state index in [1.807, 2.05) is 31.2 Å². The highest BCUT2D eigenvalue weighted by Gasteiger charge is 2.49. The Balaban J connectivity index is 1.91. The predicted molar refractivity (Wildman–Crippen MR) is 117 cm³/mol. The minimum atomic E-state index is -0.659. The van der Waals surface area contributed by atoms with Gasteiger partial charge in [-0.3, -0.25) is 9.59 Å². The maximum Gasteiger partial charge on any atom is 0.295 e. The van der Waals surface area contributed by atoms with Gasteiger partial charge in [-0.1, -0.05) is 42.7 Å². The van der Waals surface area contributed by atoms with E-state index in [1.54, 1.807) is 30.2 Å². The highest BCUT2D eigenvalue weighted by atomic mass is 16.5. The van der Waals surface area contributed by atoms with Crippen LogP contribution in [0.2, 0.25) is 0 Å². The molecule has 4 rings (SSSR count). The Morgan fingerprint density at radius 2 is 1.77 bits per heavy atom. The number of benzene rings is 2. The van der Waals surface area contributed by atoms with E-state index >= 15 is 0 Å². The van der Waals surface area contributed by atoms with E-state index in [2.05, 4.69) is 0 Å². The van der Waals surface area contributed by atoms with E-state index in [0.29, 0.717) is 17.1 Å². The van der Waals surface area contributed by atoms with E-state index in [4.69, 9.17) is 9.47 Å². The second kappa shape index (κ2) is 8.46. The third-order valence-corrected chi connectivity index (χ3v) is 6.22. The summed E-state index contributed by atoms with van der Waals surface area (Å²) < 4.78 is 10.7. The topological polar surface area (TPSA) is 76.1 Å². The van der Waals surface area contributed by atoms with Gasteiger partial charge in [-0.15, -0.1) is 0 Å². The molecule has 1 saturated carbocycles. The number of hydrogen-bond donors (Lipinski definition) is 1. The van der Waals surface area contributed by atoms with Crippen LogP contribution in [0.1, 0.15) is 48.4 Å². The van der Waals surface area contributed by atoms with E-state index < -0.39 is 17.7 Å². The van der Waals surface area contributed by atoms with Gasteiger partial charge in [0, 0.05) is 12.1 Å². The van der Waals surface area contributed by atoms with Gasteiger partial charge in [-0.05, 0) is 37.5 Å². The van der Waals surface area contributed by atoms with Gasteiger partial charge < -0.3 is 19.5 Å². The lowest BCUT2D eigenvalue weighted by Crippen LogP contribution is -2.37. The molecular formula is C25H27NO5. The SMILES string of the molecule is COc1ccc(/C(O)=C2/C(=O)C(=O)N(C3CCCC3)C2c2cccc(C)c2)c(OC)c1. The zero-order valence-electron chi connectivity index (χ0n) is 18.1. The molecule has 2 fully saturated rings. The third kappa shape index (κ3) is 3.67. The Hall–Kier alpha value is -3.28. The smallest absolute Gasteiger partial charge is 0.295 e. The molecule has 1 heterocycles. The van der Waals surface area contributed by atoms with Crippen LogP contribution in [-0.4, -0.2) is 42.0 Å². The first-order valence-electron chi connectivity index (χ1n) is 10.5. The van der Waals surface area contributed by atoms with Crippen LogP contribution in [0.4, 0.5) is 0 Å². The number of methoxy groups -OCH3 is 2. The molecule has 1 amide bonds. The monoisotopic (exact) mass is 421 g/mol. The van der Waals surface area contributed by atoms with Gasteiger partial charge in [0.25, 0.3) is 11.7 Å². The summed E-state index contributed by atoms with van der Waals surface area (Å²) in [5, 5.41) is 11.3. The number of amides is 1. The molecule has 1 N–H and O–H groups in total. The normalized spacial score (nSPS) is 21.0. The summed E-state index contributed by atoms with van der Waals surface area (Å²) >= 11 is 0. The molecule has 162 valence electrons. The Kier molecular flexibility index (Phi) is 5.72. The number of hydrogen-bond acceptors (Lipinski definition) is 5. The molecular weight excluding hydrogens is 394 g/mol. The van der Waals surface area contributed by atoms with E-state index in [-0.39, 0.29) is 17.4 Å². The summed E-state index contributed by atoms with van der Waals surface area (Å²) in [6.07, 6.45) is 3.78. The number of carbonyl (C=O) groups is 2. The van der Waals surface area contributed by atoms with Crippen molar-refractivity contribution in [2.45, 2.75) is 44.7 Å². The standard InChI is InChI=1S/C25H27NO5/c1-15-7-6-8-16(13-15)22-21(24(28)25(29)26(22)17-9-4-5-10-17)23(27)19-12-11-18(30-2)14-20(19)31-3/h6-8,11-14,17,22,27H,4-5,9-10H2,1-3H3/b23-21-. The summed E-state index contributed by atoms with van der Waals surface area (Å²) in [5.41, 5.74) is 2.30. The molecule has 1 aliphatic carbocycles. The molecule has 31 heavy (non-hydrogen) atoms. The molecule has 1 unspecified atom stereocenters. The lowest BCUT2D eigenvalue weighted by molar-refractivity contribution is -0.141. The molecule has 0 spiro atoms. The third-order valence-electron chi connectivity index (χ3n) is 6.22. The van der Waals surface area contributed by atoms with Crippen LogP contribution < -0.4 is 9.47 Å². The fourth-order valence-corrected chi connectivity index (χ4v) is 4.72. The predicted octanol–water partition coefficient (Wildman–Crippen LogP) is 4.38. The number of aliphatic hydroxyl groups excluding tert-OH is 1. The number of ketones is 1. The Morgan fingerprint density at radius 1 is 1.03 bits per heavy atom. The van der Waals surface area contributed by atoms with E-state index in [0.717, 1.165) is 36.8 Å². The fourth-order valence-electron chi connectivity index (χ4n) is 4.72. The second-order valence-electron chi connectivity index (χ2n) is 8.12. The number of ether oxygens (including phenoxy) is 2. The van der Waals surface area contributed by atoms with Gasteiger partial charge in [0.1, 0.15) is 17.3 Å². The molecule has 0 radical (unpaired) electrons. The average molecular weight is 421 g/mol. The first-order valence-corrected chi connectivity index (χ1v) is 10.5. The van der Waals surface area contributed by atoms with E-state index in [9.17, 15) is 14.7 Å². The summed E-state index contributed by atoms with van der Waals surface area (Å²) in [6, 6.07) is 12.1. The van der Waals surface area contributed by atoms with Crippen molar-refractivity contribution in [2.75, 3.05) is 14.2 Å². The summed E-state index contributed by atoms with van der Waals surface area (Å²) in [6.45, 7) is 1.97. The minimum absolute atomic E-state index is 0.00924. The first-order chi connectivity index (χ1) is 15.0. The molecule has 2 aromatic rings. The number of rotatable bonds is 5. The number of aryl methyl sites for hydroxylation is 1. The summed E-state index contributed by atoms with van der Waals surface area (Å²) in [7, 11) is 3.03. The number of Topliss-reactive ketones (excluding diaryl/α,β-unsaturated/α-hetero) is 1. The molecule has 1 atom stereocenters. The van der Waals surface area contributed by atoms with Crippen molar-refractivity contribution in [1.82, 2.24) is 4.90 Å². The van der Waals surface area contributed by atoms with Gasteiger partial charge in [0.05, 0.1) is 31.4 Å². The van der Waals surface area contributed by atoms with Gasteiger partial charge in [-0.25, -0.2) is 0 Å². The number of nitrogens with zero attached hydrogens (tertiary/aromatic N) is 1. The number of carbonyl (C=O) groups excluding carboxylic acids is 2. The van der Waals surface area contributed by atoms with Crippen molar-refractivity contribution in [3.05, 3.63) is 64.7 Å². The summed E-state index contributed by atoms with van der Waals surface area (Å²) in [5.74, 6) is -0.506. The lowest BCUT2D eigenvalue weighted by Gasteiger charge is -2.31. The second-order valence-corrected chi connectivity index (χ2v) is 8.12. The van der Waals surface area contributed by atoms with Gasteiger partial charge in [0.2, 0.25) is 0 Å². The molecule has 2 aromatic carbocycles. The van der Waals surface area contributed by atoms with Crippen molar-refractivity contribution >= 4 is 17.4 Å². The minimum Gasteiger partial charge on any atom is -0.507 e. The van der Waals surface area contributed by atoms with Crippen LogP contribution in [-0.2, 0) is 9.59 Å². The average Bonchev–Trinajstić information content (AvgIpc) is 3.39. The van der Waals surface area contributed by atoms with Crippen LogP contribution in [0.5, 0.6) is 11.5 Å². The Morgan fingerprint density at radius 3 is 2.42 bits per heavy atom. The van der Waals surface area contributed by atoms with Crippen molar-refractivity contribution in [3.8, 4) is 11.5 Å². The van der Waals surface area contributed by atoms with Crippen LogP contribution >= 0.6 is 0 Å². The van der Waals surface area contributed by atoms with Crippen molar-refractivity contribution in [1.29, 1.82) is 0 Å². The highest BCUT2D eigenvalue weighted by molar-refractivity contribution is 6.46. The lowest BCUT2D eigenvalue weighted by atomic mass is 9.93. The molecule has 0 aromatic heterocycles. The van der Waals surface area contributed by atoms with Crippen LogP contribution in [0, 0.1) is 6.92 Å². The molecule has 0 bridgehead atoms. The van der Waals surface area contributed by atoms with Crippen molar-refractivity contribution < 1.29 is 24.2 Å². The van der Waals surface area contributed by atoms with Crippen LogP contribution in [0.25, 0.3) is 5.76 Å². The molecule has 1 saturated heterocycles. The number of aliphatic hydroxyl groups is 1. The Labute approximate surface area is 182 Å². The molecule has 2 aliphatic rings. The van der Waals surface area contributed by atoms with Gasteiger partial charge >= 0.3 is 0 Å². The number of likely N-dealkylation sites (tertiary alicyclic amines) is 1. The molecule has 6 nitrogen and oxygen atoms in total. The molecule has 6 heteroatoms. The van der Waals surface area contributed by atoms with Crippen LogP contribution in [0.15, 0.2) is 48.0 Å². The van der Waals surface area contributed by atoms with Gasteiger partial charge in [-0.2, -0.15) is 0 Å². The van der Waals surface area contributed by atoms with E-state index in [1.165, 1.54) is 7.11 Å². The van der Waals surface area contributed by atoms with Crippen LogP contribution in [0.3, 0.4) is 0 Å². The zero-order valence-corrected chi connectivity index (χ0v) is 18.1. The maximum absolute atomic E-state index is 13.2. The Bertz CT molecular complexity index is 1050. The maximum atomic E-state index is 13.2. The molecule has 1 aliphatic heterocycles. The zero-order chi connectivity index (χ0) is 22.1. The highest BCUT2D eigenvalue weighted by Crippen LogP contribution is 2.44. The fraction of sp³-hybridized carbons (Fsp3) is 0.360. The summed E-state index contributed by atoms with van der Waals surface area (Å²) in [4.78, 5) is 28.0. The quantitative estimate of drug-likeness (QED) is 0.441.